The molecule has 4 rings (SSSR count). The first-order valence-corrected chi connectivity index (χ1v) is 9.58. The maximum absolute atomic E-state index is 6.56. The Hall–Kier alpha value is -2.55. The summed E-state index contributed by atoms with van der Waals surface area (Å²) >= 11 is 12.7. The van der Waals surface area contributed by atoms with Gasteiger partial charge in [-0.15, -0.1) is 0 Å². The molecule has 0 amide bonds. The average molecular weight is 394 g/mol. The van der Waals surface area contributed by atoms with Crippen molar-refractivity contribution in [3.05, 3.63) is 112 Å². The van der Waals surface area contributed by atoms with Crippen LogP contribution < -0.4 is 4.57 Å². The molecule has 3 aromatic carbocycles. The molecule has 27 heavy (non-hydrogen) atoms. The van der Waals surface area contributed by atoms with E-state index in [2.05, 4.69) is 70.1 Å². The SMILES string of the molecule is Clc1ccc(-c2n(Cc3ccccc3)cc[n+]2Cc2ccccc2)c(Cl)c1. The number of benzene rings is 3. The molecule has 1 heterocycles. The van der Waals surface area contributed by atoms with Gasteiger partial charge in [-0.25, -0.2) is 9.13 Å². The molecule has 0 radical (unpaired) electrons. The highest BCUT2D eigenvalue weighted by Crippen LogP contribution is 2.29. The lowest BCUT2D eigenvalue weighted by molar-refractivity contribution is -0.676. The number of hydrogen-bond acceptors (Lipinski definition) is 0. The molecule has 0 N–H and O–H groups in total. The number of hydrogen-bond donors (Lipinski definition) is 0. The molecule has 4 aromatic rings. The van der Waals surface area contributed by atoms with Crippen molar-refractivity contribution in [2.45, 2.75) is 13.1 Å². The first-order valence-electron chi connectivity index (χ1n) is 8.82. The Kier molecular flexibility index (Phi) is 5.28. The van der Waals surface area contributed by atoms with Crippen molar-refractivity contribution < 1.29 is 4.57 Å². The third kappa shape index (κ3) is 4.08. The van der Waals surface area contributed by atoms with Crippen LogP contribution in [0.25, 0.3) is 11.4 Å². The van der Waals surface area contributed by atoms with Crippen LogP contribution in [0, 0.1) is 0 Å². The maximum atomic E-state index is 6.56. The molecule has 0 aliphatic heterocycles. The van der Waals surface area contributed by atoms with Gasteiger partial charge >= 0.3 is 0 Å². The lowest BCUT2D eigenvalue weighted by atomic mass is 10.1. The number of imidazole rings is 1. The van der Waals surface area contributed by atoms with Crippen molar-refractivity contribution in [1.29, 1.82) is 0 Å². The molecule has 0 saturated heterocycles. The zero-order valence-corrected chi connectivity index (χ0v) is 16.2. The second-order valence-electron chi connectivity index (χ2n) is 6.47. The second-order valence-corrected chi connectivity index (χ2v) is 7.32. The molecule has 2 nitrogen and oxygen atoms in total. The Labute approximate surface area is 169 Å². The smallest absolute Gasteiger partial charge is 0.226 e. The standard InChI is InChI=1S/C23H19Cl2N2/c24-20-11-12-21(22(25)15-20)23-26(16-18-7-3-1-4-8-18)13-14-27(23)17-19-9-5-2-6-10-19/h1-15H,16-17H2/q+1. The van der Waals surface area contributed by atoms with Gasteiger partial charge in [0, 0.05) is 5.02 Å². The summed E-state index contributed by atoms with van der Waals surface area (Å²) in [4.78, 5) is 0. The lowest BCUT2D eigenvalue weighted by Gasteiger charge is -2.08. The van der Waals surface area contributed by atoms with E-state index >= 15 is 0 Å². The highest BCUT2D eigenvalue weighted by molar-refractivity contribution is 6.36. The van der Waals surface area contributed by atoms with E-state index in [1.165, 1.54) is 11.1 Å². The van der Waals surface area contributed by atoms with Crippen molar-refractivity contribution in [2.24, 2.45) is 0 Å². The van der Waals surface area contributed by atoms with E-state index in [4.69, 9.17) is 23.2 Å². The Morgan fingerprint density at radius 3 is 2.11 bits per heavy atom. The molecule has 134 valence electrons. The number of rotatable bonds is 5. The first-order chi connectivity index (χ1) is 13.2. The summed E-state index contributed by atoms with van der Waals surface area (Å²) in [6.07, 6.45) is 4.21. The van der Waals surface area contributed by atoms with Crippen LogP contribution in [-0.4, -0.2) is 4.57 Å². The van der Waals surface area contributed by atoms with Gasteiger partial charge in [0.05, 0.1) is 10.6 Å². The first kappa shape index (κ1) is 17.8. The quantitative estimate of drug-likeness (QED) is 0.376. The van der Waals surface area contributed by atoms with Gasteiger partial charge in [0.2, 0.25) is 0 Å². The predicted octanol–water partition coefficient (Wildman–Crippen LogP) is 5.85. The lowest BCUT2D eigenvalue weighted by Crippen LogP contribution is -2.35. The van der Waals surface area contributed by atoms with Crippen molar-refractivity contribution >= 4 is 23.2 Å². The molecule has 0 aliphatic rings. The predicted molar refractivity (Wildman–Crippen MR) is 111 cm³/mol. The minimum Gasteiger partial charge on any atom is -0.226 e. The third-order valence-electron chi connectivity index (χ3n) is 4.53. The van der Waals surface area contributed by atoms with Gasteiger partial charge in [-0.05, 0) is 29.3 Å². The fourth-order valence-electron chi connectivity index (χ4n) is 3.26. The summed E-state index contributed by atoms with van der Waals surface area (Å²) in [5, 5.41) is 1.29. The number of aromatic nitrogens is 2. The molecule has 4 heteroatoms. The monoisotopic (exact) mass is 393 g/mol. The summed E-state index contributed by atoms with van der Waals surface area (Å²) in [5.41, 5.74) is 3.45. The Bertz CT molecular complexity index is 982. The molecule has 0 atom stereocenters. The molecular formula is C23H19Cl2N2+. The van der Waals surface area contributed by atoms with Crippen molar-refractivity contribution in [1.82, 2.24) is 4.57 Å². The van der Waals surface area contributed by atoms with E-state index in [1.807, 2.05) is 24.3 Å². The summed E-state index contributed by atoms with van der Waals surface area (Å²) in [6, 6.07) is 26.5. The largest absolute Gasteiger partial charge is 0.290 e. The van der Waals surface area contributed by atoms with Gasteiger partial charge < -0.3 is 0 Å². The zero-order chi connectivity index (χ0) is 18.6. The summed E-state index contributed by atoms with van der Waals surface area (Å²) in [5.74, 6) is 1.06. The van der Waals surface area contributed by atoms with Gasteiger partial charge in [-0.3, -0.25) is 0 Å². The average Bonchev–Trinajstić information content (AvgIpc) is 3.05. The molecule has 1 aromatic heterocycles. The summed E-state index contributed by atoms with van der Waals surface area (Å²) in [6.45, 7) is 1.55. The minimum absolute atomic E-state index is 0.638. The second kappa shape index (κ2) is 7.99. The van der Waals surface area contributed by atoms with Crippen LogP contribution in [0.4, 0.5) is 0 Å². The minimum atomic E-state index is 0.638. The van der Waals surface area contributed by atoms with Gasteiger partial charge in [-0.2, -0.15) is 0 Å². The maximum Gasteiger partial charge on any atom is 0.290 e. The van der Waals surface area contributed by atoms with Gasteiger partial charge in [-0.1, -0.05) is 83.9 Å². The molecule has 0 aliphatic carbocycles. The highest BCUT2D eigenvalue weighted by Gasteiger charge is 2.22. The zero-order valence-electron chi connectivity index (χ0n) is 14.7. The van der Waals surface area contributed by atoms with Gasteiger partial charge in [0.25, 0.3) is 5.82 Å². The van der Waals surface area contributed by atoms with Crippen molar-refractivity contribution in [2.75, 3.05) is 0 Å². The van der Waals surface area contributed by atoms with Gasteiger partial charge in [0.1, 0.15) is 25.5 Å². The van der Waals surface area contributed by atoms with Crippen LogP contribution in [-0.2, 0) is 13.1 Å². The van der Waals surface area contributed by atoms with E-state index in [0.29, 0.717) is 10.0 Å². The Balaban J connectivity index is 1.79. The fourth-order valence-corrected chi connectivity index (χ4v) is 3.76. The molecular weight excluding hydrogens is 375 g/mol. The van der Waals surface area contributed by atoms with E-state index in [0.717, 1.165) is 24.5 Å². The van der Waals surface area contributed by atoms with Crippen LogP contribution in [0.2, 0.25) is 10.0 Å². The fraction of sp³-hybridized carbons (Fsp3) is 0.0870. The van der Waals surface area contributed by atoms with Gasteiger partial charge in [0.15, 0.2) is 0 Å². The third-order valence-corrected chi connectivity index (χ3v) is 5.08. The molecule has 0 unspecified atom stereocenters. The van der Waals surface area contributed by atoms with E-state index in [1.54, 1.807) is 6.07 Å². The molecule has 0 bridgehead atoms. The van der Waals surface area contributed by atoms with Crippen LogP contribution in [0.5, 0.6) is 0 Å². The molecule has 0 spiro atoms. The van der Waals surface area contributed by atoms with Crippen LogP contribution in [0.15, 0.2) is 91.3 Å². The summed E-state index contributed by atoms with van der Waals surface area (Å²) < 4.78 is 4.46. The van der Waals surface area contributed by atoms with E-state index in [9.17, 15) is 0 Å². The Morgan fingerprint density at radius 2 is 1.44 bits per heavy atom. The van der Waals surface area contributed by atoms with Crippen molar-refractivity contribution in [3.63, 3.8) is 0 Å². The molecule has 0 saturated carbocycles. The Morgan fingerprint density at radius 1 is 0.778 bits per heavy atom. The summed E-state index contributed by atoms with van der Waals surface area (Å²) in [7, 11) is 0. The van der Waals surface area contributed by atoms with Crippen LogP contribution in [0.3, 0.4) is 0 Å². The van der Waals surface area contributed by atoms with E-state index in [-0.39, 0.29) is 0 Å². The number of halogens is 2. The number of nitrogens with zero attached hydrogens (tertiary/aromatic N) is 2. The van der Waals surface area contributed by atoms with Crippen LogP contribution >= 0.6 is 23.2 Å². The van der Waals surface area contributed by atoms with Crippen LogP contribution in [0.1, 0.15) is 11.1 Å². The van der Waals surface area contributed by atoms with E-state index < -0.39 is 0 Å². The normalized spacial score (nSPS) is 10.9. The topological polar surface area (TPSA) is 8.81 Å². The molecule has 0 fully saturated rings. The van der Waals surface area contributed by atoms with Crippen molar-refractivity contribution in [3.8, 4) is 11.4 Å². The highest BCUT2D eigenvalue weighted by atomic mass is 35.5.